The highest BCUT2D eigenvalue weighted by Gasteiger charge is 2.54. The van der Waals surface area contributed by atoms with E-state index in [1.165, 1.54) is 6.92 Å². The zero-order chi connectivity index (χ0) is 14.2. The number of aliphatic hydroxyl groups is 1. The van der Waals surface area contributed by atoms with Gasteiger partial charge in [-0.05, 0) is 13.8 Å². The van der Waals surface area contributed by atoms with E-state index < -0.39 is 36.1 Å². The molecule has 2 aliphatic heterocycles. The lowest BCUT2D eigenvalue weighted by atomic mass is 9.94. The molecule has 2 heterocycles. The third-order valence-corrected chi connectivity index (χ3v) is 3.32. The Kier molecular flexibility index (Phi) is 4.12. The number of nitrogens with two attached hydrogens (primary N) is 1. The maximum atomic E-state index is 10.9. The van der Waals surface area contributed by atoms with Gasteiger partial charge in [-0.25, -0.2) is 0 Å². The Bertz CT molecular complexity index is 347. The number of fused-ring (bicyclic) bond motifs is 1. The van der Waals surface area contributed by atoms with Crippen LogP contribution in [0.15, 0.2) is 0 Å². The molecule has 7 nitrogen and oxygen atoms in total. The molecular formula is C12H21NO6. The molecule has 110 valence electrons. The van der Waals surface area contributed by atoms with Crippen molar-refractivity contribution in [3.8, 4) is 0 Å². The van der Waals surface area contributed by atoms with Gasteiger partial charge >= 0.3 is 5.97 Å². The van der Waals surface area contributed by atoms with E-state index in [-0.39, 0.29) is 19.3 Å². The number of hydrogen-bond donors (Lipinski definition) is 2. The monoisotopic (exact) mass is 275 g/mol. The van der Waals surface area contributed by atoms with Gasteiger partial charge in [0.1, 0.15) is 24.9 Å². The minimum atomic E-state index is -0.769. The summed E-state index contributed by atoms with van der Waals surface area (Å²) in [4.78, 5) is 10.9. The topological polar surface area (TPSA) is 100 Å². The number of aliphatic hydroxyl groups excluding tert-OH is 1. The highest BCUT2D eigenvalue weighted by molar-refractivity contribution is 5.65. The number of rotatable bonds is 3. The van der Waals surface area contributed by atoms with Crippen molar-refractivity contribution in [1.29, 1.82) is 0 Å². The molecule has 7 heteroatoms. The first-order valence-electron chi connectivity index (χ1n) is 6.35. The summed E-state index contributed by atoms with van der Waals surface area (Å²) in [5, 5.41) is 9.30. The van der Waals surface area contributed by atoms with Crippen LogP contribution in [0.2, 0.25) is 0 Å². The lowest BCUT2D eigenvalue weighted by molar-refractivity contribution is -0.182. The van der Waals surface area contributed by atoms with Gasteiger partial charge in [0, 0.05) is 6.92 Å². The van der Waals surface area contributed by atoms with Crippen LogP contribution in [0.3, 0.4) is 0 Å². The van der Waals surface area contributed by atoms with E-state index in [0.29, 0.717) is 0 Å². The smallest absolute Gasteiger partial charge is 0.302 e. The fourth-order valence-electron chi connectivity index (χ4n) is 2.50. The number of carbonyl (C=O) groups is 1. The van der Waals surface area contributed by atoms with Crippen LogP contribution in [0.25, 0.3) is 0 Å². The number of ether oxygens (including phenoxy) is 4. The average molecular weight is 275 g/mol. The van der Waals surface area contributed by atoms with Crippen LogP contribution >= 0.6 is 0 Å². The first kappa shape index (κ1) is 14.7. The second kappa shape index (κ2) is 5.34. The van der Waals surface area contributed by atoms with E-state index in [0.717, 1.165) is 0 Å². The predicted octanol–water partition coefficient (Wildman–Crippen LogP) is -0.843. The number of carbonyl (C=O) groups excluding carboxylic acids is 1. The second-order valence-electron chi connectivity index (χ2n) is 5.34. The van der Waals surface area contributed by atoms with Crippen molar-refractivity contribution in [3.63, 3.8) is 0 Å². The summed E-state index contributed by atoms with van der Waals surface area (Å²) in [6.45, 7) is 4.74. The molecule has 0 aromatic heterocycles. The maximum Gasteiger partial charge on any atom is 0.302 e. The molecule has 3 N–H and O–H groups in total. The molecule has 2 saturated heterocycles. The van der Waals surface area contributed by atoms with E-state index in [2.05, 4.69) is 0 Å². The molecule has 0 amide bonds. The Morgan fingerprint density at radius 2 is 1.95 bits per heavy atom. The van der Waals surface area contributed by atoms with Gasteiger partial charge in [-0.3, -0.25) is 4.79 Å². The summed E-state index contributed by atoms with van der Waals surface area (Å²) >= 11 is 0. The zero-order valence-corrected chi connectivity index (χ0v) is 11.4. The third kappa shape index (κ3) is 3.06. The van der Waals surface area contributed by atoms with Gasteiger partial charge in [-0.2, -0.15) is 0 Å². The van der Waals surface area contributed by atoms with Crippen molar-refractivity contribution in [3.05, 3.63) is 0 Å². The normalized spacial score (nSPS) is 40.8. The maximum absolute atomic E-state index is 10.9. The molecular weight excluding hydrogens is 254 g/mol. The van der Waals surface area contributed by atoms with Crippen LogP contribution in [0, 0.1) is 0 Å². The summed E-state index contributed by atoms with van der Waals surface area (Å²) in [5.41, 5.74) is 6.02. The van der Waals surface area contributed by atoms with E-state index in [1.54, 1.807) is 13.8 Å². The zero-order valence-electron chi connectivity index (χ0n) is 11.4. The average Bonchev–Trinajstić information content (AvgIpc) is 2.64. The van der Waals surface area contributed by atoms with Crippen LogP contribution in [0.1, 0.15) is 20.8 Å². The number of hydrogen-bond acceptors (Lipinski definition) is 7. The van der Waals surface area contributed by atoms with E-state index in [9.17, 15) is 9.90 Å². The van der Waals surface area contributed by atoms with Crippen molar-refractivity contribution < 1.29 is 28.8 Å². The predicted molar refractivity (Wildman–Crippen MR) is 64.2 cm³/mol. The lowest BCUT2D eigenvalue weighted by Gasteiger charge is -2.39. The van der Waals surface area contributed by atoms with E-state index >= 15 is 0 Å². The fourth-order valence-corrected chi connectivity index (χ4v) is 2.50. The van der Waals surface area contributed by atoms with Crippen molar-refractivity contribution >= 4 is 5.97 Å². The summed E-state index contributed by atoms with van der Waals surface area (Å²) in [7, 11) is 0. The molecule has 2 fully saturated rings. The molecule has 0 bridgehead atoms. The van der Waals surface area contributed by atoms with Gasteiger partial charge in [0.15, 0.2) is 5.79 Å². The van der Waals surface area contributed by atoms with Gasteiger partial charge in [-0.1, -0.05) is 0 Å². The van der Waals surface area contributed by atoms with E-state index in [1.807, 2.05) is 0 Å². The third-order valence-electron chi connectivity index (χ3n) is 3.32. The van der Waals surface area contributed by atoms with Crippen molar-refractivity contribution in [2.75, 3.05) is 13.2 Å². The molecule has 0 spiro atoms. The highest BCUT2D eigenvalue weighted by atomic mass is 16.8. The van der Waals surface area contributed by atoms with Crippen LogP contribution in [-0.4, -0.2) is 60.5 Å². The fraction of sp³-hybridized carbons (Fsp3) is 0.917. The summed E-state index contributed by atoms with van der Waals surface area (Å²) in [5.74, 6) is -1.16. The molecule has 5 atom stereocenters. The molecule has 0 aromatic carbocycles. The molecule has 0 saturated carbocycles. The first-order chi connectivity index (χ1) is 8.84. The van der Waals surface area contributed by atoms with Crippen molar-refractivity contribution in [2.24, 2.45) is 5.73 Å². The largest absolute Gasteiger partial charge is 0.463 e. The Morgan fingerprint density at radius 1 is 1.32 bits per heavy atom. The molecule has 0 aromatic rings. The summed E-state index contributed by atoms with van der Waals surface area (Å²) < 4.78 is 22.1. The summed E-state index contributed by atoms with van der Waals surface area (Å²) in [6.07, 6.45) is -1.85. The van der Waals surface area contributed by atoms with Crippen LogP contribution in [0.5, 0.6) is 0 Å². The first-order valence-corrected chi connectivity index (χ1v) is 6.35. The second-order valence-corrected chi connectivity index (χ2v) is 5.34. The molecule has 19 heavy (non-hydrogen) atoms. The Hall–Kier alpha value is -0.730. The lowest BCUT2D eigenvalue weighted by Crippen LogP contribution is -2.61. The Morgan fingerprint density at radius 3 is 2.53 bits per heavy atom. The van der Waals surface area contributed by atoms with Crippen LogP contribution in [0.4, 0.5) is 0 Å². The van der Waals surface area contributed by atoms with Gasteiger partial charge in [0.05, 0.1) is 18.8 Å². The molecule has 0 aliphatic carbocycles. The van der Waals surface area contributed by atoms with Gasteiger partial charge in [0.25, 0.3) is 0 Å². The molecule has 2 rings (SSSR count). The van der Waals surface area contributed by atoms with Gasteiger partial charge in [0.2, 0.25) is 0 Å². The van der Waals surface area contributed by atoms with E-state index in [4.69, 9.17) is 24.7 Å². The molecule has 0 radical (unpaired) electrons. The van der Waals surface area contributed by atoms with Gasteiger partial charge in [-0.15, -0.1) is 0 Å². The number of esters is 1. The van der Waals surface area contributed by atoms with Crippen molar-refractivity contribution in [1.82, 2.24) is 0 Å². The van der Waals surface area contributed by atoms with Crippen molar-refractivity contribution in [2.45, 2.75) is 57.0 Å². The molecule has 4 unspecified atom stereocenters. The standard InChI is InChI=1S/C12H21NO6/c1-6(15)16-5-8-10-11(19-12(2,3)18-10)9(13)7(4-14)17-8/h7-11,14H,4-5,13H2,1-3H3/t7?,8?,9-,10?,11?/m1/s1. The Labute approximate surface area is 111 Å². The summed E-state index contributed by atoms with van der Waals surface area (Å²) in [6, 6.07) is -0.481. The SMILES string of the molecule is CC(=O)OCC1OC(CO)[C@@H](N)C2OC(C)(C)OC12. The minimum Gasteiger partial charge on any atom is -0.463 e. The minimum absolute atomic E-state index is 0.0547. The van der Waals surface area contributed by atoms with Crippen LogP contribution in [-0.2, 0) is 23.7 Å². The van der Waals surface area contributed by atoms with Crippen LogP contribution < -0.4 is 5.73 Å². The Balaban J connectivity index is 2.11. The quantitative estimate of drug-likeness (QED) is 0.647. The van der Waals surface area contributed by atoms with Gasteiger partial charge < -0.3 is 29.8 Å². The molecule has 2 aliphatic rings. The highest BCUT2D eigenvalue weighted by Crippen LogP contribution is 2.36.